The third kappa shape index (κ3) is 3.99. The van der Waals surface area contributed by atoms with Crippen LogP contribution in [0.25, 0.3) is 11.5 Å². The van der Waals surface area contributed by atoms with E-state index in [1.807, 2.05) is 50.2 Å². The molecular weight excluding hydrogens is 428 g/mol. The minimum atomic E-state index is -0.291. The predicted molar refractivity (Wildman–Crippen MR) is 118 cm³/mol. The number of aromatic nitrogens is 2. The van der Waals surface area contributed by atoms with Crippen molar-refractivity contribution in [1.29, 1.82) is 0 Å². The summed E-state index contributed by atoms with van der Waals surface area (Å²) in [6, 6.07) is 13.3. The maximum Gasteiger partial charge on any atom is 0.277 e. The summed E-state index contributed by atoms with van der Waals surface area (Å²) in [7, 11) is 0. The largest absolute Gasteiger partial charge is 0.469 e. The van der Waals surface area contributed by atoms with E-state index in [1.54, 1.807) is 18.6 Å². The lowest BCUT2D eigenvalue weighted by molar-refractivity contribution is -0.130. The highest BCUT2D eigenvalue weighted by Crippen LogP contribution is 2.34. The van der Waals surface area contributed by atoms with Crippen molar-refractivity contribution in [1.82, 2.24) is 15.2 Å². The molecule has 0 saturated carbocycles. The molecule has 0 spiro atoms. The van der Waals surface area contributed by atoms with Crippen molar-refractivity contribution >= 4 is 23.4 Å². The van der Waals surface area contributed by atoms with Crippen molar-refractivity contribution < 1.29 is 18.0 Å². The summed E-state index contributed by atoms with van der Waals surface area (Å²) >= 11 is 1.18. The van der Waals surface area contributed by atoms with Gasteiger partial charge >= 0.3 is 0 Å². The zero-order chi connectivity index (χ0) is 22.1. The molecule has 0 saturated heterocycles. The summed E-state index contributed by atoms with van der Waals surface area (Å²) in [6.07, 6.45) is 3.75. The Morgan fingerprint density at radius 1 is 1.09 bits per heavy atom. The number of thioether (sulfide) groups is 1. The lowest BCUT2D eigenvalue weighted by Gasteiger charge is -2.19. The van der Waals surface area contributed by atoms with Gasteiger partial charge < -0.3 is 13.3 Å². The smallest absolute Gasteiger partial charge is 0.277 e. The van der Waals surface area contributed by atoms with E-state index in [2.05, 4.69) is 15.3 Å². The van der Waals surface area contributed by atoms with Crippen molar-refractivity contribution in [3.05, 3.63) is 77.6 Å². The molecule has 9 heteroatoms. The fourth-order valence-electron chi connectivity index (χ4n) is 3.54. The van der Waals surface area contributed by atoms with Crippen LogP contribution in [0.3, 0.4) is 0 Å². The van der Waals surface area contributed by atoms with E-state index in [4.69, 9.17) is 13.3 Å². The summed E-state index contributed by atoms with van der Waals surface area (Å²) in [4.78, 5) is 13.1. The molecule has 0 radical (unpaired) electrons. The second-order valence-electron chi connectivity index (χ2n) is 7.44. The van der Waals surface area contributed by atoms with Crippen LogP contribution in [-0.4, -0.2) is 32.6 Å². The van der Waals surface area contributed by atoms with E-state index in [-0.39, 0.29) is 17.7 Å². The average molecular weight is 449 g/mol. The fourth-order valence-corrected chi connectivity index (χ4v) is 4.15. The van der Waals surface area contributed by atoms with E-state index in [0.717, 1.165) is 16.8 Å². The number of aryl methyl sites for hydroxylation is 2. The lowest BCUT2D eigenvalue weighted by atomic mass is 10.0. The number of benzene rings is 1. The van der Waals surface area contributed by atoms with Gasteiger partial charge in [-0.2, -0.15) is 5.10 Å². The molecule has 1 amide bonds. The Labute approximate surface area is 188 Å². The molecule has 0 N–H and O–H groups in total. The molecule has 4 aromatic rings. The molecular formula is C23H20N4O4S. The van der Waals surface area contributed by atoms with Crippen molar-refractivity contribution in [2.45, 2.75) is 31.5 Å². The zero-order valence-corrected chi connectivity index (χ0v) is 18.3. The summed E-state index contributed by atoms with van der Waals surface area (Å²) in [5.74, 6) is 1.69. The van der Waals surface area contributed by atoms with Crippen molar-refractivity contribution in [2.75, 3.05) is 5.75 Å². The Kier molecular flexibility index (Phi) is 5.40. The second-order valence-corrected chi connectivity index (χ2v) is 8.37. The van der Waals surface area contributed by atoms with E-state index < -0.39 is 0 Å². The highest BCUT2D eigenvalue weighted by molar-refractivity contribution is 7.99. The van der Waals surface area contributed by atoms with Crippen LogP contribution in [0.1, 0.15) is 35.1 Å². The normalized spacial score (nSPS) is 15.9. The van der Waals surface area contributed by atoms with Crippen LogP contribution in [0, 0.1) is 13.8 Å². The number of rotatable bonds is 6. The highest BCUT2D eigenvalue weighted by atomic mass is 32.2. The molecule has 1 aliphatic heterocycles. The Morgan fingerprint density at radius 2 is 1.94 bits per heavy atom. The van der Waals surface area contributed by atoms with Crippen molar-refractivity contribution in [2.24, 2.45) is 5.10 Å². The van der Waals surface area contributed by atoms with Crippen molar-refractivity contribution in [3.63, 3.8) is 0 Å². The summed E-state index contributed by atoms with van der Waals surface area (Å²) in [5.41, 5.74) is 3.75. The lowest BCUT2D eigenvalue weighted by Crippen LogP contribution is -2.28. The number of nitrogens with zero attached hydrogens (tertiary/aromatic N) is 4. The monoisotopic (exact) mass is 448 g/mol. The van der Waals surface area contributed by atoms with Crippen LogP contribution < -0.4 is 0 Å². The van der Waals surface area contributed by atoms with Crippen LogP contribution in [0.4, 0.5) is 0 Å². The van der Waals surface area contributed by atoms with Crippen LogP contribution in [-0.2, 0) is 4.79 Å². The Hall–Kier alpha value is -3.59. The summed E-state index contributed by atoms with van der Waals surface area (Å²) in [5, 5.41) is 14.5. The van der Waals surface area contributed by atoms with Gasteiger partial charge in [0.25, 0.3) is 17.0 Å². The first-order valence-corrected chi connectivity index (χ1v) is 11.1. The first-order valence-electron chi connectivity index (χ1n) is 10.1. The molecule has 1 aromatic carbocycles. The second kappa shape index (κ2) is 8.51. The third-order valence-electron chi connectivity index (χ3n) is 5.24. The number of amides is 1. The van der Waals surface area contributed by atoms with E-state index >= 15 is 0 Å². The summed E-state index contributed by atoms with van der Waals surface area (Å²) in [6.45, 7) is 3.86. The minimum Gasteiger partial charge on any atom is -0.469 e. The van der Waals surface area contributed by atoms with Gasteiger partial charge in [-0.1, -0.05) is 41.6 Å². The van der Waals surface area contributed by atoms with Crippen molar-refractivity contribution in [3.8, 4) is 11.5 Å². The maximum atomic E-state index is 13.1. The van der Waals surface area contributed by atoms with Gasteiger partial charge in [-0.15, -0.1) is 10.2 Å². The molecule has 5 rings (SSSR count). The molecule has 1 atom stereocenters. The molecule has 8 nitrogen and oxygen atoms in total. The average Bonchev–Trinajstić information content (AvgIpc) is 3.59. The van der Waals surface area contributed by atoms with Gasteiger partial charge in [-0.05, 0) is 37.6 Å². The Balaban J connectivity index is 1.33. The van der Waals surface area contributed by atoms with Crippen LogP contribution in [0.2, 0.25) is 0 Å². The molecule has 0 aliphatic carbocycles. The molecule has 32 heavy (non-hydrogen) atoms. The molecule has 0 bridgehead atoms. The van der Waals surface area contributed by atoms with Crippen LogP contribution in [0.15, 0.2) is 78.6 Å². The Bertz CT molecular complexity index is 1260. The predicted octanol–water partition coefficient (Wildman–Crippen LogP) is 5.01. The number of carbonyl (C=O) groups is 1. The molecule has 4 heterocycles. The summed E-state index contributed by atoms with van der Waals surface area (Å²) < 4.78 is 16.5. The maximum absolute atomic E-state index is 13.1. The number of furan rings is 2. The van der Waals surface area contributed by atoms with Gasteiger partial charge in [0, 0.05) is 6.42 Å². The number of hydrogen-bond acceptors (Lipinski definition) is 8. The zero-order valence-electron chi connectivity index (χ0n) is 17.5. The van der Waals surface area contributed by atoms with Gasteiger partial charge in [-0.25, -0.2) is 5.01 Å². The first kappa shape index (κ1) is 20.3. The molecule has 0 fully saturated rings. The number of hydrazone groups is 1. The van der Waals surface area contributed by atoms with Crippen LogP contribution in [0.5, 0.6) is 0 Å². The van der Waals surface area contributed by atoms with Gasteiger partial charge in [0.1, 0.15) is 17.6 Å². The van der Waals surface area contributed by atoms with Gasteiger partial charge in [-0.3, -0.25) is 4.79 Å². The molecule has 3 aromatic heterocycles. The van der Waals surface area contributed by atoms with Crippen LogP contribution >= 0.6 is 11.8 Å². The van der Waals surface area contributed by atoms with E-state index in [9.17, 15) is 4.79 Å². The SMILES string of the molecule is Cc1ccc(C2=NN(C(=O)CSc3nnc(-c4ccoc4C)o3)C(c3ccco3)C2)cc1. The molecule has 1 unspecified atom stereocenters. The number of hydrogen-bond donors (Lipinski definition) is 0. The van der Waals surface area contributed by atoms with Gasteiger partial charge in [0.05, 0.1) is 29.6 Å². The molecule has 1 aliphatic rings. The Morgan fingerprint density at radius 3 is 2.66 bits per heavy atom. The van der Waals surface area contributed by atoms with Gasteiger partial charge in [0.15, 0.2) is 0 Å². The van der Waals surface area contributed by atoms with E-state index in [1.165, 1.54) is 22.3 Å². The standard InChI is InChI=1S/C23H20N4O4S/c1-14-5-7-16(8-6-14)18-12-19(20-4-3-10-30-20)27(26-18)21(28)13-32-23-25-24-22(31-23)17-9-11-29-15(17)2/h3-11,19H,12-13H2,1-2H3. The number of carbonyl (C=O) groups excluding carboxylic acids is 1. The fraction of sp³-hybridized carbons (Fsp3) is 0.217. The third-order valence-corrected chi connectivity index (χ3v) is 6.04. The minimum absolute atomic E-state index is 0.105. The first-order chi connectivity index (χ1) is 15.6. The topological polar surface area (TPSA) is 97.9 Å². The van der Waals surface area contributed by atoms with Gasteiger partial charge in [0.2, 0.25) is 0 Å². The van der Waals surface area contributed by atoms with E-state index in [0.29, 0.717) is 29.1 Å². The quantitative estimate of drug-likeness (QED) is 0.382. The molecule has 162 valence electrons. The highest BCUT2D eigenvalue weighted by Gasteiger charge is 2.35.